The molecule has 1 saturated carbocycles. The lowest BCUT2D eigenvalue weighted by Gasteiger charge is -2.32. The van der Waals surface area contributed by atoms with Gasteiger partial charge < -0.3 is 19.4 Å². The van der Waals surface area contributed by atoms with Gasteiger partial charge in [0.25, 0.3) is 5.91 Å². The van der Waals surface area contributed by atoms with Gasteiger partial charge in [0.15, 0.2) is 6.04 Å². The lowest BCUT2D eigenvalue weighted by atomic mass is 9.95. The van der Waals surface area contributed by atoms with Crippen LogP contribution in [-0.4, -0.2) is 50.1 Å². The van der Waals surface area contributed by atoms with Gasteiger partial charge in [0.1, 0.15) is 23.8 Å². The molecule has 5 rings (SSSR count). The van der Waals surface area contributed by atoms with Crippen molar-refractivity contribution in [1.29, 1.82) is 0 Å². The van der Waals surface area contributed by atoms with Crippen molar-refractivity contribution in [1.82, 2.24) is 30.4 Å². The first kappa shape index (κ1) is 28.4. The summed E-state index contributed by atoms with van der Waals surface area (Å²) >= 11 is 6.51. The predicted octanol–water partition coefficient (Wildman–Crippen LogP) is 5.12. The van der Waals surface area contributed by atoms with Crippen molar-refractivity contribution < 1.29 is 18.7 Å². The second kappa shape index (κ2) is 13.0. The minimum Gasteiger partial charge on any atom is -0.497 e. The van der Waals surface area contributed by atoms with Crippen molar-refractivity contribution in [2.45, 2.75) is 64.2 Å². The van der Waals surface area contributed by atoms with E-state index >= 15 is 0 Å². The van der Waals surface area contributed by atoms with Crippen LogP contribution in [0.25, 0.3) is 11.4 Å². The maximum absolute atomic E-state index is 14.0. The van der Waals surface area contributed by atoms with Crippen LogP contribution in [0.1, 0.15) is 55.2 Å². The number of halogens is 1. The van der Waals surface area contributed by atoms with Crippen molar-refractivity contribution in [3.8, 4) is 17.1 Å². The highest BCUT2D eigenvalue weighted by molar-refractivity contribution is 6.31. The minimum absolute atomic E-state index is 0.0520. The Hall–Kier alpha value is -4.18. The number of hydrogen-bond donors (Lipinski definition) is 1. The fourth-order valence-electron chi connectivity index (χ4n) is 5.06. The summed E-state index contributed by atoms with van der Waals surface area (Å²) in [6.07, 6.45) is 5.10. The summed E-state index contributed by atoms with van der Waals surface area (Å²) in [6.45, 7) is 1.65. The Labute approximate surface area is 243 Å². The molecule has 0 bridgehead atoms. The van der Waals surface area contributed by atoms with Crippen molar-refractivity contribution in [3.05, 3.63) is 82.8 Å². The Kier molecular flexibility index (Phi) is 8.98. The number of methoxy groups -OCH3 is 1. The third-order valence-electron chi connectivity index (χ3n) is 7.24. The lowest BCUT2D eigenvalue weighted by molar-refractivity contribution is -0.143. The first-order valence-corrected chi connectivity index (χ1v) is 14.1. The summed E-state index contributed by atoms with van der Waals surface area (Å²) < 4.78 is 11.2. The number of rotatable bonds is 10. The summed E-state index contributed by atoms with van der Waals surface area (Å²) in [6, 6.07) is 17.1. The lowest BCUT2D eigenvalue weighted by Crippen LogP contribution is -2.47. The van der Waals surface area contributed by atoms with Crippen LogP contribution in [-0.2, 0) is 22.7 Å². The molecule has 0 unspecified atom stereocenters. The third kappa shape index (κ3) is 6.94. The molecule has 1 N–H and O–H groups in total. The second-order valence-electron chi connectivity index (χ2n) is 10.2. The number of carbonyl (C=O) groups is 2. The van der Waals surface area contributed by atoms with E-state index in [1.54, 1.807) is 44.4 Å². The molecule has 41 heavy (non-hydrogen) atoms. The van der Waals surface area contributed by atoms with Crippen LogP contribution in [0.4, 0.5) is 0 Å². The highest BCUT2D eigenvalue weighted by Gasteiger charge is 2.36. The predicted molar refractivity (Wildman–Crippen MR) is 153 cm³/mol. The van der Waals surface area contributed by atoms with E-state index in [2.05, 4.69) is 20.7 Å². The Morgan fingerprint density at radius 2 is 1.85 bits per heavy atom. The van der Waals surface area contributed by atoms with Gasteiger partial charge in [-0.1, -0.05) is 49.1 Å². The largest absolute Gasteiger partial charge is 0.497 e. The van der Waals surface area contributed by atoms with E-state index < -0.39 is 6.04 Å². The molecular weight excluding hydrogens is 544 g/mol. The SMILES string of the molecule is COc1ccc(-c2nnn(CC(=O)N(Cc3ccccc3Cl)[C@@H](C(=O)NC3CCCCC3)c3ccc(C)o3)n2)cc1. The van der Waals surface area contributed by atoms with Crippen LogP contribution >= 0.6 is 11.6 Å². The van der Waals surface area contributed by atoms with Crippen molar-refractivity contribution >= 4 is 23.4 Å². The topological polar surface area (TPSA) is 115 Å². The average Bonchev–Trinajstić information content (AvgIpc) is 3.63. The molecule has 1 fully saturated rings. The van der Waals surface area contributed by atoms with Gasteiger partial charge in [-0.3, -0.25) is 9.59 Å². The molecule has 2 aromatic carbocycles. The smallest absolute Gasteiger partial charge is 0.250 e. The van der Waals surface area contributed by atoms with Crippen LogP contribution in [0.15, 0.2) is 65.1 Å². The number of nitrogens with zero attached hydrogens (tertiary/aromatic N) is 5. The molecule has 2 amide bonds. The number of carbonyl (C=O) groups excluding carboxylic acids is 2. The number of ether oxygens (including phenoxy) is 1. The number of hydrogen-bond acceptors (Lipinski definition) is 7. The Balaban J connectivity index is 1.45. The van der Waals surface area contributed by atoms with Crippen LogP contribution in [0.2, 0.25) is 5.02 Å². The molecule has 1 aliphatic rings. The van der Waals surface area contributed by atoms with Crippen LogP contribution in [0.5, 0.6) is 5.75 Å². The second-order valence-corrected chi connectivity index (χ2v) is 10.6. The van der Waals surface area contributed by atoms with Crippen LogP contribution in [0, 0.1) is 6.92 Å². The number of benzene rings is 2. The highest BCUT2D eigenvalue weighted by Crippen LogP contribution is 2.29. The number of aryl methyl sites for hydroxylation is 1. The van der Waals surface area contributed by atoms with Gasteiger partial charge in [-0.2, -0.15) is 4.80 Å². The fourth-order valence-corrected chi connectivity index (χ4v) is 5.26. The van der Waals surface area contributed by atoms with Gasteiger partial charge >= 0.3 is 0 Å². The van der Waals surface area contributed by atoms with E-state index in [-0.39, 0.29) is 30.9 Å². The van der Waals surface area contributed by atoms with Crippen LogP contribution < -0.4 is 10.1 Å². The monoisotopic (exact) mass is 576 g/mol. The van der Waals surface area contributed by atoms with Gasteiger partial charge in [0, 0.05) is 23.2 Å². The van der Waals surface area contributed by atoms with E-state index in [1.165, 1.54) is 9.70 Å². The van der Waals surface area contributed by atoms with Gasteiger partial charge in [-0.25, -0.2) is 0 Å². The summed E-state index contributed by atoms with van der Waals surface area (Å²) in [5.41, 5.74) is 1.43. The summed E-state index contributed by atoms with van der Waals surface area (Å²) in [5.74, 6) is 1.41. The number of aromatic nitrogens is 4. The first-order chi connectivity index (χ1) is 19.9. The molecule has 10 nitrogen and oxygen atoms in total. The van der Waals surface area contributed by atoms with Crippen molar-refractivity contribution in [3.63, 3.8) is 0 Å². The average molecular weight is 577 g/mol. The van der Waals surface area contributed by atoms with Crippen molar-refractivity contribution in [2.75, 3.05) is 7.11 Å². The summed E-state index contributed by atoms with van der Waals surface area (Å²) in [5, 5.41) is 16.3. The van der Waals surface area contributed by atoms with E-state index in [0.29, 0.717) is 33.7 Å². The molecule has 0 radical (unpaired) electrons. The number of tetrazole rings is 1. The molecule has 1 atom stereocenters. The van der Waals surface area contributed by atoms with E-state index in [4.69, 9.17) is 20.8 Å². The zero-order valence-electron chi connectivity index (χ0n) is 23.1. The Morgan fingerprint density at radius 1 is 1.10 bits per heavy atom. The molecule has 2 aromatic heterocycles. The molecule has 0 aliphatic heterocycles. The molecule has 11 heteroatoms. The maximum Gasteiger partial charge on any atom is 0.250 e. The quantitative estimate of drug-likeness (QED) is 0.278. The summed E-state index contributed by atoms with van der Waals surface area (Å²) in [7, 11) is 1.59. The minimum atomic E-state index is -1.01. The third-order valence-corrected chi connectivity index (χ3v) is 7.61. The van der Waals surface area contributed by atoms with Gasteiger partial charge in [-0.15, -0.1) is 10.2 Å². The Bertz CT molecular complexity index is 1480. The molecule has 0 saturated heterocycles. The number of furan rings is 1. The van der Waals surface area contributed by atoms with Gasteiger partial charge in [0.2, 0.25) is 11.7 Å². The van der Waals surface area contributed by atoms with Gasteiger partial charge in [-0.05, 0) is 73.0 Å². The Morgan fingerprint density at radius 3 is 2.54 bits per heavy atom. The van der Waals surface area contributed by atoms with E-state index in [1.807, 2.05) is 30.3 Å². The molecule has 4 aromatic rings. The maximum atomic E-state index is 14.0. The molecule has 0 spiro atoms. The normalized spacial score (nSPS) is 14.4. The van der Waals surface area contributed by atoms with Gasteiger partial charge in [0.05, 0.1) is 7.11 Å². The fraction of sp³-hybridized carbons (Fsp3) is 0.367. The highest BCUT2D eigenvalue weighted by atomic mass is 35.5. The van der Waals surface area contributed by atoms with E-state index in [9.17, 15) is 9.59 Å². The van der Waals surface area contributed by atoms with E-state index in [0.717, 1.165) is 37.7 Å². The molecule has 1 aliphatic carbocycles. The molecular formula is C30H33ClN6O4. The first-order valence-electron chi connectivity index (χ1n) is 13.7. The zero-order valence-corrected chi connectivity index (χ0v) is 23.9. The number of nitrogens with one attached hydrogen (secondary N) is 1. The zero-order chi connectivity index (χ0) is 28.8. The molecule has 214 valence electrons. The molecule has 2 heterocycles. The number of amides is 2. The van der Waals surface area contributed by atoms with Crippen molar-refractivity contribution in [2.24, 2.45) is 0 Å². The standard InChI is InChI=1S/C30H33ClN6O4/c1-20-12-17-26(41-20)28(30(39)32-23-9-4-3-5-10-23)36(18-22-8-6-7-11-25(22)31)27(38)19-37-34-29(33-35-37)21-13-15-24(40-2)16-14-21/h6-8,11-17,23,28H,3-5,9-10,18-19H2,1-2H3,(H,32,39)/t28-/m1/s1. The summed E-state index contributed by atoms with van der Waals surface area (Å²) in [4.78, 5) is 30.6. The van der Waals surface area contributed by atoms with Crippen LogP contribution in [0.3, 0.4) is 0 Å².